The van der Waals surface area contributed by atoms with Gasteiger partial charge < -0.3 is 15.0 Å². The molecule has 1 N–H and O–H groups in total. The van der Waals surface area contributed by atoms with Crippen molar-refractivity contribution in [1.82, 2.24) is 9.88 Å². The first kappa shape index (κ1) is 16.4. The standard InChI is InChI=1S/C16H23N3O3S/c1-10(9-22-2)19-8-11(7-14(19)20)15(21)18-16-17-12-5-3-4-6-13(12)23-16/h10-11H,3-9H2,1-2H3,(H,17,18,21)/t10-,11-/m0/s1. The van der Waals surface area contributed by atoms with E-state index in [9.17, 15) is 9.59 Å². The number of rotatable bonds is 5. The molecule has 1 aliphatic carbocycles. The lowest BCUT2D eigenvalue weighted by atomic mass is 10.0. The predicted molar refractivity (Wildman–Crippen MR) is 88.5 cm³/mol. The number of methoxy groups -OCH3 is 1. The molecule has 126 valence electrons. The van der Waals surface area contributed by atoms with Gasteiger partial charge in [0.25, 0.3) is 0 Å². The summed E-state index contributed by atoms with van der Waals surface area (Å²) in [6.07, 6.45) is 4.71. The Labute approximate surface area is 140 Å². The van der Waals surface area contributed by atoms with E-state index in [1.165, 1.54) is 17.7 Å². The second-order valence-electron chi connectivity index (χ2n) is 6.34. The van der Waals surface area contributed by atoms with Gasteiger partial charge in [0.15, 0.2) is 5.13 Å². The molecule has 2 heterocycles. The average molecular weight is 337 g/mol. The van der Waals surface area contributed by atoms with Crippen LogP contribution in [0.4, 0.5) is 5.13 Å². The Balaban J connectivity index is 1.60. The number of hydrogen-bond donors (Lipinski definition) is 1. The molecule has 0 unspecified atom stereocenters. The number of likely N-dealkylation sites (tertiary alicyclic amines) is 1. The number of carbonyl (C=O) groups is 2. The van der Waals surface area contributed by atoms with Crippen molar-refractivity contribution in [2.75, 3.05) is 25.6 Å². The molecule has 2 amide bonds. The van der Waals surface area contributed by atoms with Gasteiger partial charge in [0.1, 0.15) is 0 Å². The number of nitrogens with zero attached hydrogens (tertiary/aromatic N) is 2. The molecule has 1 fully saturated rings. The number of thiazole rings is 1. The van der Waals surface area contributed by atoms with Crippen molar-refractivity contribution >= 4 is 28.3 Å². The molecule has 3 rings (SSSR count). The number of hydrogen-bond acceptors (Lipinski definition) is 5. The van der Waals surface area contributed by atoms with Gasteiger partial charge in [0.05, 0.1) is 24.3 Å². The average Bonchev–Trinajstić information content (AvgIpc) is 3.10. The number of nitrogens with one attached hydrogen (secondary N) is 1. The molecule has 0 aromatic carbocycles. The maximum atomic E-state index is 12.4. The second kappa shape index (κ2) is 6.97. The summed E-state index contributed by atoms with van der Waals surface area (Å²) in [5.74, 6) is -0.382. The van der Waals surface area contributed by atoms with E-state index in [0.29, 0.717) is 18.3 Å². The van der Waals surface area contributed by atoms with Crippen LogP contribution >= 0.6 is 11.3 Å². The normalized spacial score (nSPS) is 22.1. The van der Waals surface area contributed by atoms with Crippen LogP contribution in [0, 0.1) is 5.92 Å². The number of amides is 2. The smallest absolute Gasteiger partial charge is 0.231 e. The molecule has 0 spiro atoms. The third-order valence-electron chi connectivity index (χ3n) is 4.54. The molecule has 2 atom stereocenters. The summed E-state index contributed by atoms with van der Waals surface area (Å²) in [5.41, 5.74) is 1.13. The summed E-state index contributed by atoms with van der Waals surface area (Å²) >= 11 is 1.58. The fourth-order valence-corrected chi connectivity index (χ4v) is 4.33. The number of aryl methyl sites for hydroxylation is 2. The van der Waals surface area contributed by atoms with Crippen molar-refractivity contribution in [3.63, 3.8) is 0 Å². The van der Waals surface area contributed by atoms with E-state index >= 15 is 0 Å². The minimum absolute atomic E-state index is 0.00234. The van der Waals surface area contributed by atoms with Crippen molar-refractivity contribution in [2.24, 2.45) is 5.92 Å². The largest absolute Gasteiger partial charge is 0.383 e. The Morgan fingerprint density at radius 2 is 2.26 bits per heavy atom. The minimum Gasteiger partial charge on any atom is -0.383 e. The lowest BCUT2D eigenvalue weighted by Gasteiger charge is -2.23. The van der Waals surface area contributed by atoms with E-state index < -0.39 is 0 Å². The molecule has 6 nitrogen and oxygen atoms in total. The van der Waals surface area contributed by atoms with Gasteiger partial charge in [-0.05, 0) is 32.6 Å². The molecule has 1 saturated heterocycles. The first-order valence-corrected chi connectivity index (χ1v) is 8.98. The molecule has 1 aromatic heterocycles. The number of aromatic nitrogens is 1. The van der Waals surface area contributed by atoms with E-state index in [2.05, 4.69) is 10.3 Å². The van der Waals surface area contributed by atoms with Crippen LogP contribution in [0.15, 0.2) is 0 Å². The Morgan fingerprint density at radius 3 is 3.00 bits per heavy atom. The van der Waals surface area contributed by atoms with Gasteiger partial charge in [-0.25, -0.2) is 4.98 Å². The summed E-state index contributed by atoms with van der Waals surface area (Å²) in [7, 11) is 1.62. The van der Waals surface area contributed by atoms with Crippen LogP contribution in [-0.2, 0) is 27.2 Å². The zero-order chi connectivity index (χ0) is 16.4. The van der Waals surface area contributed by atoms with Crippen LogP contribution in [0.3, 0.4) is 0 Å². The SMILES string of the molecule is COC[C@H](C)N1C[C@@H](C(=O)Nc2nc3c(s2)CCCC3)CC1=O. The fraction of sp³-hybridized carbons (Fsp3) is 0.688. The summed E-state index contributed by atoms with van der Waals surface area (Å²) in [6, 6.07) is -0.00234. The number of carbonyl (C=O) groups excluding carboxylic acids is 2. The quantitative estimate of drug-likeness (QED) is 0.890. The third kappa shape index (κ3) is 3.55. The van der Waals surface area contributed by atoms with Gasteiger partial charge in [0.2, 0.25) is 11.8 Å². The molecule has 7 heteroatoms. The molecule has 0 saturated carbocycles. The van der Waals surface area contributed by atoms with E-state index in [0.717, 1.165) is 18.5 Å². The highest BCUT2D eigenvalue weighted by atomic mass is 32.1. The third-order valence-corrected chi connectivity index (χ3v) is 5.62. The van der Waals surface area contributed by atoms with E-state index in [1.807, 2.05) is 6.92 Å². The zero-order valence-corrected chi connectivity index (χ0v) is 14.4. The molecular formula is C16H23N3O3S. The highest BCUT2D eigenvalue weighted by molar-refractivity contribution is 7.15. The summed E-state index contributed by atoms with van der Waals surface area (Å²) in [4.78, 5) is 32.1. The molecule has 23 heavy (non-hydrogen) atoms. The van der Waals surface area contributed by atoms with Crippen molar-refractivity contribution in [3.8, 4) is 0 Å². The Kier molecular flexibility index (Phi) is 4.96. The summed E-state index contributed by atoms with van der Waals surface area (Å²) in [5, 5.41) is 3.59. The maximum absolute atomic E-state index is 12.4. The number of anilines is 1. The van der Waals surface area contributed by atoms with E-state index in [4.69, 9.17) is 4.74 Å². The Hall–Kier alpha value is -1.47. The van der Waals surface area contributed by atoms with E-state index in [1.54, 1.807) is 23.3 Å². The molecule has 0 bridgehead atoms. The number of ether oxygens (including phenoxy) is 1. The van der Waals surface area contributed by atoms with Crippen LogP contribution in [-0.4, -0.2) is 48.0 Å². The minimum atomic E-state index is -0.303. The first-order chi connectivity index (χ1) is 11.1. The predicted octanol–water partition coefficient (Wildman–Crippen LogP) is 1.84. The van der Waals surface area contributed by atoms with Gasteiger partial charge in [-0.3, -0.25) is 9.59 Å². The first-order valence-electron chi connectivity index (χ1n) is 8.16. The zero-order valence-electron chi connectivity index (χ0n) is 13.6. The highest BCUT2D eigenvalue weighted by Crippen LogP contribution is 2.30. The topological polar surface area (TPSA) is 71.5 Å². The lowest BCUT2D eigenvalue weighted by molar-refractivity contribution is -0.130. The van der Waals surface area contributed by atoms with Crippen molar-refractivity contribution in [3.05, 3.63) is 10.6 Å². The van der Waals surface area contributed by atoms with Crippen LogP contribution in [0.25, 0.3) is 0 Å². The molecule has 1 aromatic rings. The van der Waals surface area contributed by atoms with Gasteiger partial charge in [-0.1, -0.05) is 0 Å². The fourth-order valence-electron chi connectivity index (χ4n) is 3.28. The second-order valence-corrected chi connectivity index (χ2v) is 7.42. The highest BCUT2D eigenvalue weighted by Gasteiger charge is 2.36. The molecule has 1 aliphatic heterocycles. The van der Waals surface area contributed by atoms with Crippen LogP contribution in [0.2, 0.25) is 0 Å². The van der Waals surface area contributed by atoms with Gasteiger partial charge in [-0.2, -0.15) is 0 Å². The van der Waals surface area contributed by atoms with Crippen LogP contribution in [0.5, 0.6) is 0 Å². The van der Waals surface area contributed by atoms with Crippen molar-refractivity contribution in [2.45, 2.75) is 45.1 Å². The van der Waals surface area contributed by atoms with Gasteiger partial charge in [-0.15, -0.1) is 11.3 Å². The Morgan fingerprint density at radius 1 is 1.48 bits per heavy atom. The summed E-state index contributed by atoms with van der Waals surface area (Å²) in [6.45, 7) is 2.89. The van der Waals surface area contributed by atoms with Crippen LogP contribution < -0.4 is 5.32 Å². The lowest BCUT2D eigenvalue weighted by Crippen LogP contribution is -2.38. The number of fused-ring (bicyclic) bond motifs is 1. The summed E-state index contributed by atoms with van der Waals surface area (Å²) < 4.78 is 5.10. The van der Waals surface area contributed by atoms with Gasteiger partial charge >= 0.3 is 0 Å². The van der Waals surface area contributed by atoms with Gasteiger partial charge in [0, 0.05) is 25.0 Å². The van der Waals surface area contributed by atoms with Crippen molar-refractivity contribution in [1.29, 1.82) is 0 Å². The Bertz CT molecular complexity index is 578. The molecule has 0 radical (unpaired) electrons. The van der Waals surface area contributed by atoms with Crippen LogP contribution in [0.1, 0.15) is 36.8 Å². The molecule has 2 aliphatic rings. The maximum Gasteiger partial charge on any atom is 0.231 e. The molecular weight excluding hydrogens is 314 g/mol. The van der Waals surface area contributed by atoms with Crippen molar-refractivity contribution < 1.29 is 14.3 Å². The monoisotopic (exact) mass is 337 g/mol. The van der Waals surface area contributed by atoms with E-state index in [-0.39, 0.29) is 30.2 Å².